The van der Waals surface area contributed by atoms with Gasteiger partial charge in [-0.1, -0.05) is 6.92 Å². The Hall–Kier alpha value is -2.24. The van der Waals surface area contributed by atoms with Gasteiger partial charge in [-0.15, -0.1) is 16.4 Å². The Balaban J connectivity index is 1.78. The Bertz CT molecular complexity index is 1070. The van der Waals surface area contributed by atoms with Gasteiger partial charge in [0.2, 0.25) is 0 Å². The zero-order valence-electron chi connectivity index (χ0n) is 14.8. The molecule has 26 heavy (non-hydrogen) atoms. The van der Waals surface area contributed by atoms with Crippen LogP contribution in [0.25, 0.3) is 10.2 Å². The van der Waals surface area contributed by atoms with Crippen LogP contribution in [-0.4, -0.2) is 20.2 Å². The second-order valence-corrected chi connectivity index (χ2v) is 8.77. The third kappa shape index (κ3) is 2.81. The Morgan fingerprint density at radius 2 is 2.08 bits per heavy atom. The van der Waals surface area contributed by atoms with E-state index in [1.54, 1.807) is 11.3 Å². The average molecular weight is 383 g/mol. The van der Waals surface area contributed by atoms with Crippen LogP contribution in [0.5, 0.6) is 0 Å². The van der Waals surface area contributed by atoms with Crippen molar-refractivity contribution < 1.29 is 0 Å². The first-order chi connectivity index (χ1) is 12.5. The lowest BCUT2D eigenvalue weighted by Gasteiger charge is -2.17. The lowest BCUT2D eigenvalue weighted by molar-refractivity contribution is 0.509. The number of nitrogen functional groups attached to an aromatic ring is 1. The summed E-state index contributed by atoms with van der Waals surface area (Å²) in [6, 6.07) is 2.21. The minimum atomic E-state index is 0.510. The molecule has 1 aliphatic rings. The molecule has 2 N–H and O–H groups in total. The van der Waals surface area contributed by atoms with Crippen LogP contribution in [0.15, 0.2) is 10.2 Å². The van der Waals surface area contributed by atoms with Crippen LogP contribution < -0.4 is 5.73 Å². The molecule has 0 amide bonds. The van der Waals surface area contributed by atoms with Crippen molar-refractivity contribution in [3.8, 4) is 6.07 Å². The van der Waals surface area contributed by atoms with Crippen LogP contribution >= 0.6 is 23.1 Å². The molecule has 1 atom stereocenters. The quantitative estimate of drug-likeness (QED) is 0.672. The largest absolute Gasteiger partial charge is 0.383 e. The molecular formula is C18H18N6S2. The average Bonchev–Trinajstić information content (AvgIpc) is 2.96. The number of aromatic nitrogens is 4. The first-order valence-electron chi connectivity index (χ1n) is 8.47. The number of hydrogen-bond acceptors (Lipinski definition) is 8. The maximum Gasteiger partial charge on any atom is 0.197 e. The predicted octanol–water partition coefficient (Wildman–Crippen LogP) is 3.83. The van der Waals surface area contributed by atoms with Gasteiger partial charge in [0.05, 0.1) is 16.6 Å². The smallest absolute Gasteiger partial charge is 0.197 e. The molecule has 0 radical (unpaired) electrons. The van der Waals surface area contributed by atoms with E-state index in [1.807, 2.05) is 13.8 Å². The molecule has 0 saturated carbocycles. The third-order valence-electron chi connectivity index (χ3n) is 4.88. The summed E-state index contributed by atoms with van der Waals surface area (Å²) in [6.07, 6.45) is 3.30. The lowest BCUT2D eigenvalue weighted by atomic mass is 9.89. The van der Waals surface area contributed by atoms with Gasteiger partial charge < -0.3 is 5.73 Å². The molecule has 0 aromatic carbocycles. The van der Waals surface area contributed by atoms with Gasteiger partial charge in [0, 0.05) is 4.88 Å². The number of rotatable bonds is 2. The number of nitrogens with two attached hydrogens (primary N) is 1. The van der Waals surface area contributed by atoms with E-state index in [0.29, 0.717) is 27.5 Å². The number of anilines is 1. The van der Waals surface area contributed by atoms with Gasteiger partial charge in [-0.05, 0) is 61.9 Å². The van der Waals surface area contributed by atoms with E-state index in [9.17, 15) is 5.26 Å². The molecule has 6 nitrogen and oxygen atoms in total. The monoisotopic (exact) mass is 382 g/mol. The van der Waals surface area contributed by atoms with Crippen LogP contribution in [-0.2, 0) is 12.8 Å². The summed E-state index contributed by atoms with van der Waals surface area (Å²) in [5.41, 5.74) is 9.70. The fourth-order valence-corrected chi connectivity index (χ4v) is 5.56. The minimum absolute atomic E-state index is 0.510. The first-order valence-corrected chi connectivity index (χ1v) is 10.1. The van der Waals surface area contributed by atoms with Crippen molar-refractivity contribution >= 4 is 39.1 Å². The molecule has 4 rings (SSSR count). The summed E-state index contributed by atoms with van der Waals surface area (Å²) in [6.45, 7) is 6.00. The molecule has 132 valence electrons. The minimum Gasteiger partial charge on any atom is -0.383 e. The van der Waals surface area contributed by atoms with E-state index >= 15 is 0 Å². The fraction of sp³-hybridized carbons (Fsp3) is 0.389. The summed E-state index contributed by atoms with van der Waals surface area (Å²) in [7, 11) is 0. The summed E-state index contributed by atoms with van der Waals surface area (Å²) in [5, 5.41) is 19.8. The van der Waals surface area contributed by atoms with Crippen molar-refractivity contribution in [2.45, 2.75) is 50.2 Å². The number of thiophene rings is 1. The van der Waals surface area contributed by atoms with Crippen LogP contribution in [0, 0.1) is 31.1 Å². The Kier molecular flexibility index (Phi) is 4.29. The Morgan fingerprint density at radius 3 is 2.85 bits per heavy atom. The highest BCUT2D eigenvalue weighted by molar-refractivity contribution is 7.99. The molecule has 0 spiro atoms. The highest BCUT2D eigenvalue weighted by atomic mass is 32.2. The summed E-state index contributed by atoms with van der Waals surface area (Å²) >= 11 is 2.96. The molecule has 0 bridgehead atoms. The summed E-state index contributed by atoms with van der Waals surface area (Å²) in [4.78, 5) is 11.5. The Morgan fingerprint density at radius 1 is 1.27 bits per heavy atom. The highest BCUT2D eigenvalue weighted by Gasteiger charge is 2.24. The maximum absolute atomic E-state index is 9.47. The van der Waals surface area contributed by atoms with Crippen molar-refractivity contribution in [2.75, 3.05) is 5.73 Å². The molecule has 3 aromatic heterocycles. The fourth-order valence-electron chi connectivity index (χ4n) is 3.27. The van der Waals surface area contributed by atoms with Gasteiger partial charge in [0.25, 0.3) is 0 Å². The van der Waals surface area contributed by atoms with E-state index in [2.05, 4.69) is 28.2 Å². The van der Waals surface area contributed by atoms with E-state index in [-0.39, 0.29) is 0 Å². The van der Waals surface area contributed by atoms with E-state index in [4.69, 9.17) is 10.7 Å². The number of nitrogens with zero attached hydrogens (tertiary/aromatic N) is 5. The molecule has 3 aromatic rings. The van der Waals surface area contributed by atoms with Crippen LogP contribution in [0.3, 0.4) is 0 Å². The molecular weight excluding hydrogens is 364 g/mol. The van der Waals surface area contributed by atoms with Gasteiger partial charge in [-0.2, -0.15) is 10.4 Å². The van der Waals surface area contributed by atoms with Gasteiger partial charge in [0.1, 0.15) is 21.7 Å². The molecule has 1 aliphatic carbocycles. The van der Waals surface area contributed by atoms with Crippen molar-refractivity contribution in [1.29, 1.82) is 5.26 Å². The van der Waals surface area contributed by atoms with Crippen molar-refractivity contribution in [1.82, 2.24) is 20.2 Å². The number of aryl methyl sites for hydroxylation is 2. The van der Waals surface area contributed by atoms with Gasteiger partial charge >= 0.3 is 0 Å². The number of hydrogen-bond donors (Lipinski definition) is 1. The van der Waals surface area contributed by atoms with E-state index < -0.39 is 0 Å². The topological polar surface area (TPSA) is 101 Å². The summed E-state index contributed by atoms with van der Waals surface area (Å²) in [5.74, 6) is 1.21. The zero-order valence-corrected chi connectivity index (χ0v) is 16.5. The molecule has 0 unspecified atom stereocenters. The second-order valence-electron chi connectivity index (χ2n) is 6.73. The van der Waals surface area contributed by atoms with Gasteiger partial charge in [-0.3, -0.25) is 0 Å². The van der Waals surface area contributed by atoms with Crippen LogP contribution in [0.4, 0.5) is 5.82 Å². The van der Waals surface area contributed by atoms with Gasteiger partial charge in [0.15, 0.2) is 5.16 Å². The van der Waals surface area contributed by atoms with Crippen LogP contribution in [0.1, 0.15) is 40.6 Å². The third-order valence-corrected chi connectivity index (χ3v) is 6.88. The molecule has 3 heterocycles. The van der Waals surface area contributed by atoms with Crippen molar-refractivity contribution in [3.05, 3.63) is 27.3 Å². The number of nitriles is 1. The van der Waals surface area contributed by atoms with Crippen molar-refractivity contribution in [2.24, 2.45) is 5.92 Å². The van der Waals surface area contributed by atoms with Crippen molar-refractivity contribution in [3.63, 3.8) is 0 Å². The summed E-state index contributed by atoms with van der Waals surface area (Å²) < 4.78 is 0. The van der Waals surface area contributed by atoms with Gasteiger partial charge in [-0.25, -0.2) is 9.97 Å². The van der Waals surface area contributed by atoms with E-state index in [1.165, 1.54) is 28.6 Å². The predicted molar refractivity (Wildman–Crippen MR) is 103 cm³/mol. The molecule has 8 heteroatoms. The first kappa shape index (κ1) is 17.2. The maximum atomic E-state index is 9.47. The normalized spacial score (nSPS) is 16.5. The SMILES string of the molecule is Cc1nnc(Sc2nc(N)c3c4c(sc3n2)C[C@H](C)CC4)c(C#N)c1C. The molecule has 0 aliphatic heterocycles. The Labute approximate surface area is 159 Å². The zero-order chi connectivity index (χ0) is 18.4. The standard InChI is InChI=1S/C18H18N6S2/c1-8-4-5-11-13(6-8)25-17-14(11)15(20)21-18(22-17)26-16-12(7-19)9(2)10(3)23-24-16/h8H,4-6H2,1-3H3,(H2,20,21,22)/t8-/m1/s1. The highest BCUT2D eigenvalue weighted by Crippen LogP contribution is 2.40. The number of fused-ring (bicyclic) bond motifs is 3. The van der Waals surface area contributed by atoms with Crippen LogP contribution in [0.2, 0.25) is 0 Å². The van der Waals surface area contributed by atoms with E-state index in [0.717, 1.165) is 34.3 Å². The lowest BCUT2D eigenvalue weighted by Crippen LogP contribution is -2.09. The second kappa shape index (κ2) is 6.49. The molecule has 0 fully saturated rings. The molecule has 0 saturated heterocycles.